The van der Waals surface area contributed by atoms with Crippen molar-refractivity contribution in [2.24, 2.45) is 0 Å². The molecular formula is H24MgN2O18. The minimum Gasteiger partial charge on any atom is -0.412 e. The second-order valence-corrected chi connectivity index (χ2v) is 0.447. The van der Waals surface area contributed by atoms with Crippen molar-refractivity contribution in [2.75, 3.05) is 0 Å². The van der Waals surface area contributed by atoms with Crippen molar-refractivity contribution in [3.8, 4) is 0 Å². The van der Waals surface area contributed by atoms with E-state index in [4.69, 9.17) is 30.6 Å². The monoisotopic (exact) mass is 364 g/mol. The van der Waals surface area contributed by atoms with Gasteiger partial charge in [-0.3, -0.25) is 0 Å². The summed E-state index contributed by atoms with van der Waals surface area (Å²) < 4.78 is 0. The molecule has 0 aliphatic carbocycles. The molecule has 21 heteroatoms. The van der Waals surface area contributed by atoms with E-state index in [1.54, 1.807) is 0 Å². The molecule has 0 aliphatic heterocycles. The van der Waals surface area contributed by atoms with Crippen LogP contribution in [-0.2, 0) is 0 Å². The summed E-state index contributed by atoms with van der Waals surface area (Å²) in [6.45, 7) is 0. The van der Waals surface area contributed by atoms with Crippen LogP contribution in [0.5, 0.6) is 0 Å². The molecule has 0 radical (unpaired) electrons. The minimum atomic E-state index is -1.75. The van der Waals surface area contributed by atoms with Crippen LogP contribution in [0.1, 0.15) is 0 Å². The molecule has 0 aromatic heterocycles. The average Bonchev–Trinajstić information content (AvgIpc) is 1.25. The number of rotatable bonds is 0. The summed E-state index contributed by atoms with van der Waals surface area (Å²) in [6.07, 6.45) is 0. The summed E-state index contributed by atoms with van der Waals surface area (Å²) in [6, 6.07) is 0. The standard InChI is InChI=1S/Mg.2NO3.12H2O/c;2*2-1(3)4;;;;;;;;;;;;/h;;;12*1H2/q+2;2*-1;;;;;;;;;;;;. The van der Waals surface area contributed by atoms with Crippen LogP contribution in [0, 0.1) is 30.6 Å². The molecule has 0 atom stereocenters. The van der Waals surface area contributed by atoms with Crippen LogP contribution in [0.2, 0.25) is 0 Å². The molecule has 0 amide bonds. The zero-order chi connectivity index (χ0) is 7.15. The molecule has 144 valence electrons. The Hall–Kier alpha value is -1.31. The fourth-order valence-corrected chi connectivity index (χ4v) is 0. The third-order valence-corrected chi connectivity index (χ3v) is 0. The van der Waals surface area contributed by atoms with Crippen LogP contribution in [-0.4, -0.2) is 98.9 Å². The van der Waals surface area contributed by atoms with Crippen molar-refractivity contribution in [1.29, 1.82) is 0 Å². The summed E-state index contributed by atoms with van der Waals surface area (Å²) in [4.78, 5) is 16.5. The third-order valence-electron chi connectivity index (χ3n) is 0. The average molecular weight is 364 g/mol. The number of hydrogen-bond donors (Lipinski definition) is 0. The zero-order valence-corrected chi connectivity index (χ0v) is 11.5. The van der Waals surface area contributed by atoms with Crippen molar-refractivity contribution in [3.05, 3.63) is 30.6 Å². The van der Waals surface area contributed by atoms with Crippen LogP contribution < -0.4 is 0 Å². The van der Waals surface area contributed by atoms with Gasteiger partial charge in [-0.1, -0.05) is 0 Å². The molecule has 0 spiro atoms. The van der Waals surface area contributed by atoms with Crippen LogP contribution in [0.3, 0.4) is 0 Å². The Kier molecular flexibility index (Phi) is 3970. The molecular weight excluding hydrogens is 340 g/mol. The van der Waals surface area contributed by atoms with Gasteiger partial charge in [-0.15, -0.1) is 0 Å². The van der Waals surface area contributed by atoms with E-state index in [1.807, 2.05) is 0 Å². The molecule has 0 aromatic carbocycles. The first kappa shape index (κ1) is 313. The van der Waals surface area contributed by atoms with Gasteiger partial charge in [-0.05, 0) is 0 Å². The van der Waals surface area contributed by atoms with E-state index in [-0.39, 0.29) is 88.8 Å². The maximum atomic E-state index is 8.25. The van der Waals surface area contributed by atoms with Crippen LogP contribution in [0.25, 0.3) is 0 Å². The van der Waals surface area contributed by atoms with E-state index in [0.29, 0.717) is 0 Å². The van der Waals surface area contributed by atoms with Crippen LogP contribution >= 0.6 is 0 Å². The molecule has 0 saturated heterocycles. The third kappa shape index (κ3) is 3010. The Morgan fingerprint density at radius 1 is 0.381 bits per heavy atom. The Morgan fingerprint density at radius 2 is 0.381 bits per heavy atom. The minimum absolute atomic E-state index is 0. The molecule has 0 rings (SSSR count). The van der Waals surface area contributed by atoms with Crippen LogP contribution in [0.15, 0.2) is 0 Å². The topological polar surface area (TPSA) is 510 Å². The fraction of sp³-hybridized carbons (Fsp3) is 0. The van der Waals surface area contributed by atoms with Crippen molar-refractivity contribution in [2.45, 2.75) is 0 Å². The maximum Gasteiger partial charge on any atom is 2.00 e. The SMILES string of the molecule is O.O.O.O.O.O.O.O.O.O.O.O.O=[N+]([O-])[O-].O=[N+]([O-])[O-].[Mg+2]. The first-order valence-electron chi connectivity index (χ1n) is 1.10. The normalized spacial score (nSPS) is 2.29. The first-order chi connectivity index (χ1) is 3.46. The smallest absolute Gasteiger partial charge is 0.412 e. The summed E-state index contributed by atoms with van der Waals surface area (Å²) in [5, 5.41) is 29.5. The Bertz CT molecular complexity index is 73.2. The molecule has 24 N–H and O–H groups in total. The van der Waals surface area contributed by atoms with Gasteiger partial charge in [-0.25, -0.2) is 0 Å². The van der Waals surface area contributed by atoms with E-state index >= 15 is 0 Å². The molecule has 0 fully saturated rings. The van der Waals surface area contributed by atoms with Gasteiger partial charge in [0, 0.05) is 0 Å². The van der Waals surface area contributed by atoms with Crippen LogP contribution in [0.4, 0.5) is 0 Å². The second kappa shape index (κ2) is 266. The van der Waals surface area contributed by atoms with Crippen molar-refractivity contribution in [1.82, 2.24) is 0 Å². The molecule has 0 aliphatic rings. The summed E-state index contributed by atoms with van der Waals surface area (Å²) in [7, 11) is 0. The molecule has 0 bridgehead atoms. The van der Waals surface area contributed by atoms with Gasteiger partial charge in [0.05, 0.1) is 10.2 Å². The number of hydrogen-bond acceptors (Lipinski definition) is 6. The molecule has 0 unspecified atom stereocenters. The van der Waals surface area contributed by atoms with Gasteiger partial charge in [0.2, 0.25) is 0 Å². The molecule has 0 aromatic rings. The predicted octanol–water partition coefficient (Wildman–Crippen LogP) is -10.8. The van der Waals surface area contributed by atoms with E-state index < -0.39 is 10.2 Å². The van der Waals surface area contributed by atoms with Gasteiger partial charge in [-0.2, -0.15) is 0 Å². The molecule has 21 heavy (non-hydrogen) atoms. The fourth-order valence-electron chi connectivity index (χ4n) is 0. The van der Waals surface area contributed by atoms with Crippen molar-refractivity contribution < 1.29 is 75.9 Å². The van der Waals surface area contributed by atoms with Gasteiger partial charge < -0.3 is 96.4 Å². The Labute approximate surface area is 130 Å². The molecule has 0 saturated carbocycles. The second-order valence-electron chi connectivity index (χ2n) is 0.447. The zero-order valence-electron chi connectivity index (χ0n) is 10.1. The van der Waals surface area contributed by atoms with Crippen molar-refractivity contribution >= 4 is 23.1 Å². The van der Waals surface area contributed by atoms with Gasteiger partial charge in [0.15, 0.2) is 0 Å². The first-order valence-corrected chi connectivity index (χ1v) is 1.10. The van der Waals surface area contributed by atoms with Crippen molar-refractivity contribution in [3.63, 3.8) is 0 Å². The van der Waals surface area contributed by atoms with Gasteiger partial charge in [0.1, 0.15) is 0 Å². The summed E-state index contributed by atoms with van der Waals surface area (Å²) >= 11 is 0. The van der Waals surface area contributed by atoms with Gasteiger partial charge in [0.25, 0.3) is 0 Å². The van der Waals surface area contributed by atoms with E-state index in [2.05, 4.69) is 0 Å². The maximum absolute atomic E-state index is 8.25. The Morgan fingerprint density at radius 3 is 0.381 bits per heavy atom. The van der Waals surface area contributed by atoms with E-state index in [9.17, 15) is 0 Å². The van der Waals surface area contributed by atoms with E-state index in [1.165, 1.54) is 0 Å². The molecule has 20 nitrogen and oxygen atoms in total. The summed E-state index contributed by atoms with van der Waals surface area (Å²) in [5.74, 6) is 0. The largest absolute Gasteiger partial charge is 2.00 e. The quantitative estimate of drug-likeness (QED) is 0.227. The van der Waals surface area contributed by atoms with Gasteiger partial charge >= 0.3 is 23.1 Å². The Balaban J connectivity index is -0.00000000163. The summed E-state index contributed by atoms with van der Waals surface area (Å²) in [5.41, 5.74) is 0. The molecule has 0 heterocycles. The number of nitrogens with zero attached hydrogens (tertiary/aromatic N) is 2. The van der Waals surface area contributed by atoms with E-state index in [0.717, 1.165) is 0 Å². The predicted molar refractivity (Wildman–Crippen MR) is 69.8 cm³/mol.